The first kappa shape index (κ1) is 15.7. The van der Waals surface area contributed by atoms with Crippen molar-refractivity contribution in [2.45, 2.75) is 31.1 Å². The lowest BCUT2D eigenvalue weighted by atomic mass is 10.2. The molecule has 1 saturated heterocycles. The zero-order valence-electron chi connectivity index (χ0n) is 11.6. The van der Waals surface area contributed by atoms with E-state index >= 15 is 0 Å². The van der Waals surface area contributed by atoms with Crippen LogP contribution in [-0.4, -0.2) is 30.9 Å². The molecule has 0 saturated carbocycles. The molecule has 2 rings (SSSR count). The topological polar surface area (TPSA) is 38.3 Å². The Morgan fingerprint density at radius 2 is 2.25 bits per heavy atom. The van der Waals surface area contributed by atoms with Crippen molar-refractivity contribution in [2.24, 2.45) is 0 Å². The molecule has 1 amide bonds. The summed E-state index contributed by atoms with van der Waals surface area (Å²) in [6.45, 7) is 3.55. The Hall–Kier alpha value is -0.710. The van der Waals surface area contributed by atoms with E-state index < -0.39 is 0 Å². The van der Waals surface area contributed by atoms with E-state index in [2.05, 4.69) is 12.2 Å². The van der Waals surface area contributed by atoms with Gasteiger partial charge >= 0.3 is 0 Å². The second-order valence-corrected chi connectivity index (χ2v) is 6.71. The second-order valence-electron chi connectivity index (χ2n) is 4.94. The Labute approximate surface area is 129 Å². The van der Waals surface area contributed by atoms with Gasteiger partial charge in [-0.05, 0) is 37.5 Å². The molecule has 1 aromatic rings. The Balaban J connectivity index is 1.68. The molecule has 0 bridgehead atoms. The quantitative estimate of drug-likeness (QED) is 0.874. The van der Waals surface area contributed by atoms with E-state index in [4.69, 9.17) is 16.3 Å². The fourth-order valence-electron chi connectivity index (χ4n) is 2.11. The predicted molar refractivity (Wildman–Crippen MR) is 84.3 cm³/mol. The number of amides is 1. The molecule has 1 aliphatic heterocycles. The van der Waals surface area contributed by atoms with Crippen LogP contribution in [0.1, 0.15) is 30.6 Å². The number of carbonyl (C=O) groups is 1. The fourth-order valence-corrected chi connectivity index (χ4v) is 3.09. The zero-order chi connectivity index (χ0) is 14.4. The molecule has 0 aliphatic carbocycles. The Morgan fingerprint density at radius 3 is 2.90 bits per heavy atom. The molecule has 5 heteroatoms. The van der Waals surface area contributed by atoms with E-state index in [1.807, 2.05) is 24.3 Å². The number of benzene rings is 1. The number of hydrogen-bond acceptors (Lipinski definition) is 3. The van der Waals surface area contributed by atoms with Crippen LogP contribution in [0, 0.1) is 0 Å². The maximum Gasteiger partial charge on any atom is 0.230 e. The highest BCUT2D eigenvalue weighted by Gasteiger charge is 2.16. The number of thioether (sulfide) groups is 1. The summed E-state index contributed by atoms with van der Waals surface area (Å²) in [5.74, 6) is 0.544. The number of ether oxygens (including phenoxy) is 1. The molecule has 1 aliphatic rings. The average Bonchev–Trinajstić information content (AvgIpc) is 2.96. The number of nitrogens with one attached hydrogen (secondary N) is 1. The highest BCUT2D eigenvalue weighted by atomic mass is 35.5. The van der Waals surface area contributed by atoms with E-state index in [-0.39, 0.29) is 17.3 Å². The second kappa shape index (κ2) is 7.91. The first-order valence-corrected chi connectivity index (χ1v) is 8.33. The number of carbonyl (C=O) groups excluding carboxylic acids is 1. The third kappa shape index (κ3) is 5.00. The normalized spacial score (nSPS) is 19.8. The molecule has 2 atom stereocenters. The average molecular weight is 314 g/mol. The molecular formula is C15H20ClNO2S. The summed E-state index contributed by atoms with van der Waals surface area (Å²) in [6, 6.07) is 7.77. The molecule has 1 aromatic carbocycles. The van der Waals surface area contributed by atoms with Gasteiger partial charge in [0.2, 0.25) is 5.91 Å². The highest BCUT2D eigenvalue weighted by Crippen LogP contribution is 2.28. The molecule has 2 unspecified atom stereocenters. The van der Waals surface area contributed by atoms with Gasteiger partial charge in [0.1, 0.15) is 0 Å². The minimum atomic E-state index is 0.0753. The van der Waals surface area contributed by atoms with Gasteiger partial charge in [-0.1, -0.05) is 23.7 Å². The molecule has 1 N–H and O–H groups in total. The van der Waals surface area contributed by atoms with Gasteiger partial charge in [-0.15, -0.1) is 11.8 Å². The Morgan fingerprint density at radius 1 is 1.50 bits per heavy atom. The van der Waals surface area contributed by atoms with Crippen molar-refractivity contribution in [1.82, 2.24) is 5.32 Å². The molecule has 1 heterocycles. The van der Waals surface area contributed by atoms with Crippen LogP contribution in [0.15, 0.2) is 24.3 Å². The SMILES string of the molecule is CC(SCC(=O)NCC1CCCO1)c1ccc(Cl)cc1. The molecular weight excluding hydrogens is 294 g/mol. The van der Waals surface area contributed by atoms with Crippen LogP contribution in [0.2, 0.25) is 5.02 Å². The summed E-state index contributed by atoms with van der Waals surface area (Å²) in [7, 11) is 0. The van der Waals surface area contributed by atoms with E-state index in [9.17, 15) is 4.79 Å². The van der Waals surface area contributed by atoms with Crippen LogP contribution in [0.25, 0.3) is 0 Å². The zero-order valence-corrected chi connectivity index (χ0v) is 13.2. The molecule has 1 fully saturated rings. The van der Waals surface area contributed by atoms with Crippen LogP contribution < -0.4 is 5.32 Å². The fraction of sp³-hybridized carbons (Fsp3) is 0.533. The Bertz CT molecular complexity index is 432. The van der Waals surface area contributed by atoms with Crippen molar-refractivity contribution >= 4 is 29.3 Å². The van der Waals surface area contributed by atoms with Crippen molar-refractivity contribution in [1.29, 1.82) is 0 Å². The summed E-state index contributed by atoms with van der Waals surface area (Å²) < 4.78 is 5.48. The van der Waals surface area contributed by atoms with Gasteiger partial charge in [0, 0.05) is 23.4 Å². The minimum absolute atomic E-state index is 0.0753. The van der Waals surface area contributed by atoms with E-state index in [0.717, 1.165) is 24.5 Å². The van der Waals surface area contributed by atoms with Crippen molar-refractivity contribution < 1.29 is 9.53 Å². The maximum atomic E-state index is 11.8. The van der Waals surface area contributed by atoms with Gasteiger partial charge in [0.15, 0.2) is 0 Å². The number of rotatable bonds is 6. The summed E-state index contributed by atoms with van der Waals surface area (Å²) >= 11 is 7.49. The van der Waals surface area contributed by atoms with Crippen molar-refractivity contribution in [2.75, 3.05) is 18.9 Å². The summed E-state index contributed by atoms with van der Waals surface area (Å²) in [5, 5.41) is 3.95. The van der Waals surface area contributed by atoms with E-state index in [1.165, 1.54) is 5.56 Å². The van der Waals surface area contributed by atoms with Gasteiger partial charge in [0.05, 0.1) is 11.9 Å². The first-order chi connectivity index (χ1) is 9.65. The smallest absolute Gasteiger partial charge is 0.230 e. The van der Waals surface area contributed by atoms with Gasteiger partial charge in [-0.25, -0.2) is 0 Å². The highest BCUT2D eigenvalue weighted by molar-refractivity contribution is 8.00. The summed E-state index contributed by atoms with van der Waals surface area (Å²) in [6.07, 6.45) is 2.36. The third-order valence-corrected chi connectivity index (χ3v) is 4.81. The van der Waals surface area contributed by atoms with Crippen LogP contribution in [-0.2, 0) is 9.53 Å². The molecule has 0 radical (unpaired) electrons. The lowest BCUT2D eigenvalue weighted by Gasteiger charge is -2.13. The molecule has 20 heavy (non-hydrogen) atoms. The number of halogens is 1. The standard InChI is InChI=1S/C15H20ClNO2S/c1-11(12-4-6-13(16)7-5-12)20-10-15(18)17-9-14-3-2-8-19-14/h4-7,11,14H,2-3,8-10H2,1H3,(H,17,18). The van der Waals surface area contributed by atoms with Crippen LogP contribution in [0.4, 0.5) is 0 Å². The lowest BCUT2D eigenvalue weighted by molar-refractivity contribution is -0.119. The largest absolute Gasteiger partial charge is 0.376 e. The summed E-state index contributed by atoms with van der Waals surface area (Å²) in [4.78, 5) is 11.8. The van der Waals surface area contributed by atoms with E-state index in [1.54, 1.807) is 11.8 Å². The van der Waals surface area contributed by atoms with Crippen molar-refractivity contribution in [3.8, 4) is 0 Å². The monoisotopic (exact) mass is 313 g/mol. The maximum absolute atomic E-state index is 11.8. The van der Waals surface area contributed by atoms with E-state index in [0.29, 0.717) is 12.3 Å². The lowest BCUT2D eigenvalue weighted by Crippen LogP contribution is -2.33. The molecule has 3 nitrogen and oxygen atoms in total. The van der Waals surface area contributed by atoms with Gasteiger partial charge in [0.25, 0.3) is 0 Å². The number of hydrogen-bond donors (Lipinski definition) is 1. The molecule has 0 aromatic heterocycles. The predicted octanol–water partition coefficient (Wildman–Crippen LogP) is 3.43. The van der Waals surface area contributed by atoms with Crippen LogP contribution >= 0.6 is 23.4 Å². The van der Waals surface area contributed by atoms with Crippen LogP contribution in [0.3, 0.4) is 0 Å². The van der Waals surface area contributed by atoms with Gasteiger partial charge in [-0.2, -0.15) is 0 Å². The van der Waals surface area contributed by atoms with Crippen molar-refractivity contribution in [3.63, 3.8) is 0 Å². The third-order valence-electron chi connectivity index (χ3n) is 3.35. The minimum Gasteiger partial charge on any atom is -0.376 e. The first-order valence-electron chi connectivity index (χ1n) is 6.90. The summed E-state index contributed by atoms with van der Waals surface area (Å²) in [5.41, 5.74) is 1.19. The van der Waals surface area contributed by atoms with Crippen LogP contribution in [0.5, 0.6) is 0 Å². The molecule has 110 valence electrons. The van der Waals surface area contributed by atoms with Gasteiger partial charge in [-0.3, -0.25) is 4.79 Å². The van der Waals surface area contributed by atoms with Crippen molar-refractivity contribution in [3.05, 3.63) is 34.9 Å². The van der Waals surface area contributed by atoms with Gasteiger partial charge < -0.3 is 10.1 Å². The molecule has 0 spiro atoms. The Kier molecular flexibility index (Phi) is 6.20.